The third kappa shape index (κ3) is 3.51. The van der Waals surface area contributed by atoms with Crippen molar-refractivity contribution in [2.24, 2.45) is 0 Å². The number of rotatable bonds is 6. The van der Waals surface area contributed by atoms with Crippen molar-refractivity contribution in [3.63, 3.8) is 0 Å². The molecule has 6 nitrogen and oxygen atoms in total. The van der Waals surface area contributed by atoms with Crippen molar-refractivity contribution in [1.29, 1.82) is 0 Å². The molecule has 1 fully saturated rings. The molecule has 3 heterocycles. The van der Waals surface area contributed by atoms with Crippen molar-refractivity contribution in [1.82, 2.24) is 19.8 Å². The first-order chi connectivity index (χ1) is 12.2. The number of aromatic nitrogens is 2. The first kappa shape index (κ1) is 17.4. The molecule has 0 amide bonds. The topological polar surface area (TPSA) is 59.4 Å². The van der Waals surface area contributed by atoms with Gasteiger partial charge in [0.2, 0.25) is 0 Å². The smallest absolute Gasteiger partial charge is 0.307 e. The highest BCUT2D eigenvalue weighted by atomic mass is 32.1. The van der Waals surface area contributed by atoms with Gasteiger partial charge in [-0.05, 0) is 43.4 Å². The molecule has 132 valence electrons. The van der Waals surface area contributed by atoms with Crippen LogP contribution in [-0.4, -0.2) is 39.2 Å². The van der Waals surface area contributed by atoms with Crippen LogP contribution in [0.25, 0.3) is 0 Å². The number of carbonyl (C=O) groups is 1. The summed E-state index contributed by atoms with van der Waals surface area (Å²) >= 11 is 5.56. The summed E-state index contributed by atoms with van der Waals surface area (Å²) < 4.78 is 6.98. The Kier molecular flexibility index (Phi) is 5.33. The predicted molar refractivity (Wildman–Crippen MR) is 98.9 cm³/mol. The molecule has 0 aromatic carbocycles. The highest BCUT2D eigenvalue weighted by molar-refractivity contribution is 7.80. The normalized spacial score (nSPS) is 19.8. The largest absolute Gasteiger partial charge is 0.469 e. The molecule has 0 aliphatic carbocycles. The van der Waals surface area contributed by atoms with Crippen molar-refractivity contribution in [2.45, 2.75) is 32.0 Å². The zero-order chi connectivity index (χ0) is 17.8. The average Bonchev–Trinajstić information content (AvgIpc) is 3.24. The van der Waals surface area contributed by atoms with E-state index in [4.69, 9.17) is 17.0 Å². The molecule has 7 heteroatoms. The number of nitrogens with zero attached hydrogens (tertiary/aromatic N) is 3. The molecule has 1 aliphatic heterocycles. The Morgan fingerprint density at radius 2 is 2.20 bits per heavy atom. The maximum absolute atomic E-state index is 11.6. The molecule has 0 unspecified atom stereocenters. The van der Waals surface area contributed by atoms with Gasteiger partial charge in [0.05, 0.1) is 31.3 Å². The number of nitrogens with one attached hydrogen (secondary N) is 1. The van der Waals surface area contributed by atoms with Crippen LogP contribution in [0, 0.1) is 0 Å². The zero-order valence-corrected chi connectivity index (χ0v) is 15.2. The van der Waals surface area contributed by atoms with Gasteiger partial charge in [0.25, 0.3) is 0 Å². The van der Waals surface area contributed by atoms with Crippen molar-refractivity contribution < 1.29 is 9.53 Å². The Labute approximate surface area is 152 Å². The van der Waals surface area contributed by atoms with Gasteiger partial charge >= 0.3 is 5.97 Å². The number of aryl methyl sites for hydroxylation is 1. The second kappa shape index (κ2) is 7.65. The van der Waals surface area contributed by atoms with E-state index in [2.05, 4.69) is 39.0 Å². The fourth-order valence-corrected chi connectivity index (χ4v) is 3.60. The standard InChI is InChI=1S/C18H22N4O2S/c1-3-21-11-6-8-14(21)17-16(13-7-4-5-10-19-13)20-18(25)22(17)12-9-15(23)24-2/h4-8,10-11,16-17H,3,9,12H2,1-2H3,(H,20,25)/t16-,17-/m1/s1. The van der Waals surface area contributed by atoms with Crippen LogP contribution in [0.4, 0.5) is 0 Å². The van der Waals surface area contributed by atoms with E-state index in [-0.39, 0.29) is 24.5 Å². The van der Waals surface area contributed by atoms with E-state index in [9.17, 15) is 4.79 Å². The molecule has 3 rings (SSSR count). The quantitative estimate of drug-likeness (QED) is 0.632. The van der Waals surface area contributed by atoms with Crippen LogP contribution < -0.4 is 5.32 Å². The minimum atomic E-state index is -0.242. The Hall–Kier alpha value is -2.41. The van der Waals surface area contributed by atoms with E-state index >= 15 is 0 Å². The van der Waals surface area contributed by atoms with Crippen LogP contribution in [0.1, 0.15) is 36.8 Å². The minimum absolute atomic E-state index is 0.0259. The lowest BCUT2D eigenvalue weighted by molar-refractivity contribution is -0.140. The van der Waals surface area contributed by atoms with Crippen molar-refractivity contribution in [3.05, 3.63) is 54.1 Å². The van der Waals surface area contributed by atoms with Crippen LogP contribution in [0.2, 0.25) is 0 Å². The molecule has 1 saturated heterocycles. The summed E-state index contributed by atoms with van der Waals surface area (Å²) in [5.41, 5.74) is 2.08. The number of hydrogen-bond donors (Lipinski definition) is 1. The number of pyridine rings is 1. The van der Waals surface area contributed by atoms with Gasteiger partial charge in [-0.15, -0.1) is 0 Å². The minimum Gasteiger partial charge on any atom is -0.469 e. The zero-order valence-electron chi connectivity index (χ0n) is 14.4. The fraction of sp³-hybridized carbons (Fsp3) is 0.389. The highest BCUT2D eigenvalue weighted by Gasteiger charge is 2.40. The van der Waals surface area contributed by atoms with Crippen LogP contribution in [0.15, 0.2) is 42.7 Å². The van der Waals surface area contributed by atoms with Crippen molar-refractivity contribution in [2.75, 3.05) is 13.7 Å². The predicted octanol–water partition coefficient (Wildman–Crippen LogP) is 2.44. The molecule has 2 aromatic heterocycles. The molecule has 0 radical (unpaired) electrons. The van der Waals surface area contributed by atoms with Crippen LogP contribution in [0.5, 0.6) is 0 Å². The van der Waals surface area contributed by atoms with Crippen molar-refractivity contribution >= 4 is 23.3 Å². The van der Waals surface area contributed by atoms with Gasteiger partial charge < -0.3 is 19.5 Å². The fourth-order valence-electron chi connectivity index (χ4n) is 3.27. The summed E-state index contributed by atoms with van der Waals surface area (Å²) in [5.74, 6) is -0.242. The molecular formula is C18H22N4O2S. The van der Waals surface area contributed by atoms with E-state index in [1.54, 1.807) is 6.20 Å². The Morgan fingerprint density at radius 1 is 1.36 bits per heavy atom. The SMILES string of the molecule is CCn1cccc1[C@@H]1[C@@H](c2ccccn2)NC(=S)N1CCC(=O)OC. The number of hydrogen-bond acceptors (Lipinski definition) is 4. The third-order valence-corrected chi connectivity index (χ3v) is 4.84. The van der Waals surface area contributed by atoms with Gasteiger partial charge in [-0.1, -0.05) is 6.07 Å². The van der Waals surface area contributed by atoms with Crippen LogP contribution in [-0.2, 0) is 16.1 Å². The number of thiocarbonyl (C=S) groups is 1. The molecule has 1 N–H and O–H groups in total. The van der Waals surface area contributed by atoms with E-state index < -0.39 is 0 Å². The summed E-state index contributed by atoms with van der Waals surface area (Å²) in [5, 5.41) is 4.01. The Bertz CT molecular complexity index is 747. The van der Waals surface area contributed by atoms with Crippen molar-refractivity contribution in [3.8, 4) is 0 Å². The molecule has 0 spiro atoms. The maximum Gasteiger partial charge on any atom is 0.307 e. The number of methoxy groups -OCH3 is 1. The summed E-state index contributed by atoms with van der Waals surface area (Å²) in [6.45, 7) is 3.48. The van der Waals surface area contributed by atoms with Gasteiger partial charge in [-0.3, -0.25) is 9.78 Å². The first-order valence-electron chi connectivity index (χ1n) is 8.35. The molecule has 2 atom stereocenters. The maximum atomic E-state index is 11.6. The lowest BCUT2D eigenvalue weighted by atomic mass is 10.0. The molecule has 25 heavy (non-hydrogen) atoms. The van der Waals surface area contributed by atoms with E-state index in [0.29, 0.717) is 11.7 Å². The summed E-state index contributed by atoms with van der Waals surface area (Å²) in [6.07, 6.45) is 4.13. The van der Waals surface area contributed by atoms with Gasteiger partial charge in [0, 0.05) is 31.2 Å². The molecule has 1 aliphatic rings. The van der Waals surface area contributed by atoms with Crippen LogP contribution >= 0.6 is 12.2 Å². The molecular weight excluding hydrogens is 336 g/mol. The van der Waals surface area contributed by atoms with Crippen LogP contribution in [0.3, 0.4) is 0 Å². The molecule has 2 aromatic rings. The van der Waals surface area contributed by atoms with Gasteiger partial charge in [-0.2, -0.15) is 0 Å². The second-order valence-corrected chi connectivity index (χ2v) is 6.25. The van der Waals surface area contributed by atoms with E-state index in [1.165, 1.54) is 7.11 Å². The Morgan fingerprint density at radius 3 is 2.88 bits per heavy atom. The monoisotopic (exact) mass is 358 g/mol. The van der Waals surface area contributed by atoms with Gasteiger partial charge in [0.15, 0.2) is 5.11 Å². The third-order valence-electron chi connectivity index (χ3n) is 4.49. The number of ether oxygens (including phenoxy) is 1. The lowest BCUT2D eigenvalue weighted by Crippen LogP contribution is -2.32. The summed E-state index contributed by atoms with van der Waals surface area (Å²) in [4.78, 5) is 18.2. The van der Waals surface area contributed by atoms with E-state index in [1.807, 2.05) is 24.3 Å². The van der Waals surface area contributed by atoms with Gasteiger partial charge in [0.1, 0.15) is 0 Å². The summed E-state index contributed by atoms with van der Waals surface area (Å²) in [6, 6.07) is 9.92. The lowest BCUT2D eigenvalue weighted by Gasteiger charge is -2.28. The average molecular weight is 358 g/mol. The number of carbonyl (C=O) groups excluding carboxylic acids is 1. The first-order valence-corrected chi connectivity index (χ1v) is 8.76. The highest BCUT2D eigenvalue weighted by Crippen LogP contribution is 2.38. The molecule has 0 saturated carbocycles. The summed E-state index contributed by atoms with van der Waals surface area (Å²) in [7, 11) is 1.40. The molecule has 0 bridgehead atoms. The van der Waals surface area contributed by atoms with Gasteiger partial charge in [-0.25, -0.2) is 0 Å². The second-order valence-electron chi connectivity index (χ2n) is 5.87. The Balaban J connectivity index is 1.96. The van der Waals surface area contributed by atoms with E-state index in [0.717, 1.165) is 17.9 Å². The number of esters is 1.